The van der Waals surface area contributed by atoms with Crippen molar-refractivity contribution < 1.29 is 0 Å². The third kappa shape index (κ3) is 2.07. The predicted octanol–water partition coefficient (Wildman–Crippen LogP) is 3.62. The number of rotatable bonds is 2. The summed E-state index contributed by atoms with van der Waals surface area (Å²) < 4.78 is 0. The molecule has 0 spiro atoms. The van der Waals surface area contributed by atoms with E-state index in [9.17, 15) is 0 Å². The van der Waals surface area contributed by atoms with Crippen LogP contribution in [0.5, 0.6) is 0 Å². The number of benzene rings is 1. The Hall–Kier alpha value is -1.63. The van der Waals surface area contributed by atoms with Gasteiger partial charge in [-0.2, -0.15) is 0 Å². The largest absolute Gasteiger partial charge is 0.256 e. The van der Waals surface area contributed by atoms with Gasteiger partial charge in [0.15, 0.2) is 0 Å². The molecule has 0 saturated carbocycles. The molecular weight excluding hydrogens is 182 g/mol. The predicted molar refractivity (Wildman–Crippen MR) is 63.8 cm³/mol. The van der Waals surface area contributed by atoms with Crippen molar-refractivity contribution in [3.8, 4) is 11.3 Å². The Morgan fingerprint density at radius 2 is 1.93 bits per heavy atom. The molecule has 1 heteroatoms. The molecule has 0 unspecified atom stereocenters. The Bertz CT molecular complexity index is 460. The molecule has 0 bridgehead atoms. The van der Waals surface area contributed by atoms with Gasteiger partial charge in [0.05, 0.1) is 5.69 Å². The van der Waals surface area contributed by atoms with Gasteiger partial charge in [-0.3, -0.25) is 4.98 Å². The summed E-state index contributed by atoms with van der Waals surface area (Å²) in [7, 11) is 0. The van der Waals surface area contributed by atoms with E-state index in [1.165, 1.54) is 16.7 Å². The fourth-order valence-electron chi connectivity index (χ4n) is 1.70. The van der Waals surface area contributed by atoms with Gasteiger partial charge >= 0.3 is 0 Å². The van der Waals surface area contributed by atoms with Gasteiger partial charge in [-0.15, -0.1) is 0 Å². The third-order valence-electron chi connectivity index (χ3n) is 2.65. The molecule has 0 saturated heterocycles. The van der Waals surface area contributed by atoms with E-state index >= 15 is 0 Å². The molecule has 0 fully saturated rings. The highest BCUT2D eigenvalue weighted by molar-refractivity contribution is 5.63. The van der Waals surface area contributed by atoms with E-state index in [1.54, 1.807) is 0 Å². The molecule has 1 aromatic carbocycles. The average molecular weight is 197 g/mol. The van der Waals surface area contributed by atoms with Gasteiger partial charge in [-0.1, -0.05) is 31.2 Å². The van der Waals surface area contributed by atoms with Crippen LogP contribution in [0.4, 0.5) is 0 Å². The Morgan fingerprint density at radius 3 is 2.67 bits per heavy atom. The molecule has 0 amide bonds. The second-order valence-corrected chi connectivity index (χ2v) is 3.72. The summed E-state index contributed by atoms with van der Waals surface area (Å²) in [5, 5.41) is 0. The van der Waals surface area contributed by atoms with Crippen LogP contribution in [0.15, 0.2) is 42.6 Å². The van der Waals surface area contributed by atoms with Crippen LogP contribution >= 0.6 is 0 Å². The van der Waals surface area contributed by atoms with Gasteiger partial charge in [0, 0.05) is 11.8 Å². The minimum atomic E-state index is 1.06. The van der Waals surface area contributed by atoms with Crippen LogP contribution in [0.3, 0.4) is 0 Å². The number of nitrogens with zero attached hydrogens (tertiary/aromatic N) is 1. The van der Waals surface area contributed by atoms with E-state index in [0.717, 1.165) is 12.1 Å². The van der Waals surface area contributed by atoms with Crippen LogP contribution in [0, 0.1) is 6.92 Å². The second kappa shape index (κ2) is 4.26. The number of aryl methyl sites for hydroxylation is 2. The van der Waals surface area contributed by atoms with Crippen molar-refractivity contribution in [3.05, 3.63) is 53.7 Å². The quantitative estimate of drug-likeness (QED) is 0.716. The van der Waals surface area contributed by atoms with Gasteiger partial charge in [0.2, 0.25) is 0 Å². The van der Waals surface area contributed by atoms with E-state index in [-0.39, 0.29) is 0 Å². The summed E-state index contributed by atoms with van der Waals surface area (Å²) in [5.41, 5.74) is 4.92. The zero-order valence-corrected chi connectivity index (χ0v) is 9.20. The molecule has 76 valence electrons. The van der Waals surface area contributed by atoms with Crippen LogP contribution in [-0.4, -0.2) is 4.98 Å². The SMILES string of the molecule is CCc1ccnc(-c2ccccc2C)c1. The second-order valence-electron chi connectivity index (χ2n) is 3.72. The highest BCUT2D eigenvalue weighted by atomic mass is 14.7. The first-order valence-electron chi connectivity index (χ1n) is 5.32. The zero-order valence-electron chi connectivity index (χ0n) is 9.20. The van der Waals surface area contributed by atoms with E-state index in [0.29, 0.717) is 0 Å². The standard InChI is InChI=1S/C14H15N/c1-3-12-8-9-15-14(10-12)13-7-5-4-6-11(13)2/h4-10H,3H2,1-2H3. The molecule has 0 atom stereocenters. The summed E-state index contributed by atoms with van der Waals surface area (Å²) in [6, 6.07) is 12.6. The summed E-state index contributed by atoms with van der Waals surface area (Å²) in [5.74, 6) is 0. The van der Waals surface area contributed by atoms with Crippen LogP contribution in [0.1, 0.15) is 18.1 Å². The minimum Gasteiger partial charge on any atom is -0.256 e. The summed E-state index contributed by atoms with van der Waals surface area (Å²) in [6.07, 6.45) is 2.95. The lowest BCUT2D eigenvalue weighted by Crippen LogP contribution is -1.88. The number of hydrogen-bond acceptors (Lipinski definition) is 1. The average Bonchev–Trinajstić information content (AvgIpc) is 2.30. The number of pyridine rings is 1. The van der Waals surface area contributed by atoms with Crippen LogP contribution < -0.4 is 0 Å². The Labute approximate surface area is 90.8 Å². The van der Waals surface area contributed by atoms with E-state index in [1.807, 2.05) is 6.20 Å². The first-order valence-corrected chi connectivity index (χ1v) is 5.32. The van der Waals surface area contributed by atoms with Crippen molar-refractivity contribution in [2.75, 3.05) is 0 Å². The van der Waals surface area contributed by atoms with Crippen LogP contribution in [0.25, 0.3) is 11.3 Å². The maximum absolute atomic E-state index is 4.42. The maximum atomic E-state index is 4.42. The molecule has 1 nitrogen and oxygen atoms in total. The first-order chi connectivity index (χ1) is 7.31. The van der Waals surface area contributed by atoms with Gasteiger partial charge in [0.25, 0.3) is 0 Å². The Morgan fingerprint density at radius 1 is 1.13 bits per heavy atom. The Kier molecular flexibility index (Phi) is 2.82. The number of hydrogen-bond donors (Lipinski definition) is 0. The monoisotopic (exact) mass is 197 g/mol. The van der Waals surface area contributed by atoms with Crippen LogP contribution in [-0.2, 0) is 6.42 Å². The molecule has 15 heavy (non-hydrogen) atoms. The molecule has 2 rings (SSSR count). The van der Waals surface area contributed by atoms with E-state index < -0.39 is 0 Å². The van der Waals surface area contributed by atoms with Gasteiger partial charge in [-0.25, -0.2) is 0 Å². The summed E-state index contributed by atoms with van der Waals surface area (Å²) in [6.45, 7) is 4.28. The molecule has 2 aromatic rings. The highest BCUT2D eigenvalue weighted by Crippen LogP contribution is 2.21. The first kappa shape index (κ1) is 9.91. The topological polar surface area (TPSA) is 12.9 Å². The molecule has 1 heterocycles. The van der Waals surface area contributed by atoms with Crippen LogP contribution in [0.2, 0.25) is 0 Å². The molecule has 0 aliphatic carbocycles. The lowest BCUT2D eigenvalue weighted by atomic mass is 10.0. The summed E-state index contributed by atoms with van der Waals surface area (Å²) >= 11 is 0. The fraction of sp³-hybridized carbons (Fsp3) is 0.214. The molecule has 1 aromatic heterocycles. The number of aromatic nitrogens is 1. The smallest absolute Gasteiger partial charge is 0.0707 e. The molecule has 0 aliphatic heterocycles. The van der Waals surface area contributed by atoms with Gasteiger partial charge in [0.1, 0.15) is 0 Å². The zero-order chi connectivity index (χ0) is 10.7. The molecule has 0 aliphatic rings. The van der Waals surface area contributed by atoms with Crippen molar-refractivity contribution in [1.29, 1.82) is 0 Å². The Balaban J connectivity index is 2.49. The highest BCUT2D eigenvalue weighted by Gasteiger charge is 2.02. The van der Waals surface area contributed by atoms with Crippen molar-refractivity contribution >= 4 is 0 Å². The maximum Gasteiger partial charge on any atom is 0.0707 e. The minimum absolute atomic E-state index is 1.06. The third-order valence-corrected chi connectivity index (χ3v) is 2.65. The lowest BCUT2D eigenvalue weighted by Gasteiger charge is -2.05. The van der Waals surface area contributed by atoms with Gasteiger partial charge in [-0.05, 0) is 36.6 Å². The van der Waals surface area contributed by atoms with E-state index in [2.05, 4.69) is 55.2 Å². The van der Waals surface area contributed by atoms with Crippen molar-refractivity contribution in [3.63, 3.8) is 0 Å². The molecule has 0 radical (unpaired) electrons. The van der Waals surface area contributed by atoms with Crippen molar-refractivity contribution in [1.82, 2.24) is 4.98 Å². The van der Waals surface area contributed by atoms with E-state index in [4.69, 9.17) is 0 Å². The fourth-order valence-corrected chi connectivity index (χ4v) is 1.70. The summed E-state index contributed by atoms with van der Waals surface area (Å²) in [4.78, 5) is 4.42. The molecular formula is C14H15N. The lowest BCUT2D eigenvalue weighted by molar-refractivity contribution is 1.12. The normalized spacial score (nSPS) is 10.3. The van der Waals surface area contributed by atoms with Gasteiger partial charge < -0.3 is 0 Å². The van der Waals surface area contributed by atoms with Crippen molar-refractivity contribution in [2.24, 2.45) is 0 Å². The molecule has 0 N–H and O–H groups in total. The van der Waals surface area contributed by atoms with Crippen molar-refractivity contribution in [2.45, 2.75) is 20.3 Å².